The van der Waals surface area contributed by atoms with Crippen molar-refractivity contribution in [2.75, 3.05) is 44.3 Å². The number of benzene rings is 1. The molecule has 2 heterocycles. The van der Waals surface area contributed by atoms with E-state index in [1.54, 1.807) is 0 Å². The van der Waals surface area contributed by atoms with E-state index in [1.165, 1.54) is 24.1 Å². The summed E-state index contributed by atoms with van der Waals surface area (Å²) < 4.78 is 18.8. The van der Waals surface area contributed by atoms with Gasteiger partial charge in [-0.05, 0) is 49.6 Å². The lowest BCUT2D eigenvalue weighted by Gasteiger charge is -2.37. The number of ether oxygens (including phenoxy) is 3. The smallest absolute Gasteiger partial charge is 0.192 e. The predicted octanol–water partition coefficient (Wildman–Crippen LogP) is 5.30. The summed E-state index contributed by atoms with van der Waals surface area (Å²) in [5, 5.41) is 0. The highest BCUT2D eigenvalue weighted by Crippen LogP contribution is 2.39. The molecule has 4 rings (SSSR count). The van der Waals surface area contributed by atoms with E-state index in [2.05, 4.69) is 72.7 Å². The number of anilines is 1. The number of nitrogens with zero attached hydrogens (tertiary/aromatic N) is 2. The summed E-state index contributed by atoms with van der Waals surface area (Å²) in [7, 11) is 0. The van der Waals surface area contributed by atoms with Crippen molar-refractivity contribution >= 4 is 5.69 Å². The molecule has 3 aliphatic rings. The molecular weight excluding hydrogens is 400 g/mol. The van der Waals surface area contributed by atoms with Gasteiger partial charge in [0, 0.05) is 44.0 Å². The Hall–Kier alpha value is -2.24. The molecule has 1 aromatic carbocycles. The maximum atomic E-state index is 6.47. The van der Waals surface area contributed by atoms with Gasteiger partial charge in [-0.25, -0.2) is 0 Å². The van der Waals surface area contributed by atoms with E-state index in [9.17, 15) is 0 Å². The zero-order valence-corrected chi connectivity index (χ0v) is 19.7. The van der Waals surface area contributed by atoms with Crippen LogP contribution in [-0.4, -0.2) is 56.2 Å². The van der Waals surface area contributed by atoms with Crippen molar-refractivity contribution < 1.29 is 14.2 Å². The Morgan fingerprint density at radius 2 is 1.94 bits per heavy atom. The summed E-state index contributed by atoms with van der Waals surface area (Å²) in [5.74, 6) is 0.311. The fourth-order valence-electron chi connectivity index (χ4n) is 4.73. The van der Waals surface area contributed by atoms with Crippen molar-refractivity contribution in [1.29, 1.82) is 0 Å². The number of hydrogen-bond donors (Lipinski definition) is 0. The molecule has 0 N–H and O–H groups in total. The normalized spacial score (nSPS) is 25.3. The summed E-state index contributed by atoms with van der Waals surface area (Å²) in [5.41, 5.74) is 3.64. The van der Waals surface area contributed by atoms with E-state index in [4.69, 9.17) is 14.2 Å². The Bertz CT molecular complexity index is 824. The van der Waals surface area contributed by atoms with Crippen LogP contribution in [0.15, 0.2) is 60.3 Å². The first kappa shape index (κ1) is 22.9. The molecule has 0 amide bonds. The zero-order chi connectivity index (χ0) is 22.4. The van der Waals surface area contributed by atoms with Crippen LogP contribution < -0.4 is 9.64 Å². The Labute approximate surface area is 193 Å². The fourth-order valence-corrected chi connectivity index (χ4v) is 4.73. The van der Waals surface area contributed by atoms with Crippen LogP contribution in [0.2, 0.25) is 0 Å². The molecule has 32 heavy (non-hydrogen) atoms. The first-order valence-electron chi connectivity index (χ1n) is 12.2. The van der Waals surface area contributed by atoms with Gasteiger partial charge in [0.1, 0.15) is 18.5 Å². The molecule has 0 radical (unpaired) electrons. The third-order valence-electron chi connectivity index (χ3n) is 6.69. The van der Waals surface area contributed by atoms with E-state index < -0.39 is 5.79 Å². The largest absolute Gasteiger partial charge is 0.491 e. The second-order valence-electron chi connectivity index (χ2n) is 9.10. The molecule has 174 valence electrons. The van der Waals surface area contributed by atoms with Gasteiger partial charge in [-0.2, -0.15) is 0 Å². The fraction of sp³-hybridized carbons (Fsp3) is 0.556. The molecule has 5 heteroatoms. The maximum absolute atomic E-state index is 6.47. The number of unbranched alkanes of at least 4 members (excludes halogenated alkanes) is 2. The van der Waals surface area contributed by atoms with Crippen molar-refractivity contribution in [3.8, 4) is 5.75 Å². The van der Waals surface area contributed by atoms with Crippen LogP contribution in [0.5, 0.6) is 5.75 Å². The van der Waals surface area contributed by atoms with Crippen LogP contribution in [0.25, 0.3) is 0 Å². The van der Waals surface area contributed by atoms with Crippen molar-refractivity contribution in [2.45, 2.75) is 57.8 Å². The number of hydrogen-bond acceptors (Lipinski definition) is 5. The molecule has 2 atom stereocenters. The minimum atomic E-state index is -0.567. The quantitative estimate of drug-likeness (QED) is 0.463. The van der Waals surface area contributed by atoms with E-state index in [-0.39, 0.29) is 6.10 Å². The van der Waals surface area contributed by atoms with Gasteiger partial charge in [-0.15, -0.1) is 0 Å². The van der Waals surface area contributed by atoms with Gasteiger partial charge in [-0.3, -0.25) is 0 Å². The average Bonchev–Trinajstić information content (AvgIpc) is 3.50. The Morgan fingerprint density at radius 3 is 2.59 bits per heavy atom. The third kappa shape index (κ3) is 5.38. The monoisotopic (exact) mass is 438 g/mol. The average molecular weight is 439 g/mol. The molecule has 1 aromatic rings. The lowest BCUT2D eigenvalue weighted by Crippen LogP contribution is -2.45. The number of allylic oxidation sites excluding steroid dienone is 4. The summed E-state index contributed by atoms with van der Waals surface area (Å²) in [6.07, 6.45) is 11.7. The van der Waals surface area contributed by atoms with Crippen molar-refractivity contribution in [3.63, 3.8) is 0 Å². The molecule has 0 bridgehead atoms. The first-order chi connectivity index (χ1) is 15.6. The van der Waals surface area contributed by atoms with Gasteiger partial charge in [0.2, 0.25) is 0 Å². The van der Waals surface area contributed by atoms with Gasteiger partial charge < -0.3 is 24.0 Å². The summed E-state index contributed by atoms with van der Waals surface area (Å²) in [6, 6.07) is 8.44. The summed E-state index contributed by atoms with van der Waals surface area (Å²) >= 11 is 0. The SMILES string of the molecule is C=C(C)N1CCN(c2ccc(OCC3COC(CCCCC)(C4=CC=CC4)O3)cc2)CC1. The Kier molecular flexibility index (Phi) is 7.59. The van der Waals surface area contributed by atoms with E-state index in [1.807, 2.05) is 0 Å². The Balaban J connectivity index is 1.28. The van der Waals surface area contributed by atoms with Gasteiger partial charge >= 0.3 is 0 Å². The molecule has 0 spiro atoms. The second kappa shape index (κ2) is 10.6. The van der Waals surface area contributed by atoms with Crippen molar-refractivity contribution in [2.24, 2.45) is 0 Å². The molecule has 2 saturated heterocycles. The highest BCUT2D eigenvalue weighted by Gasteiger charge is 2.44. The van der Waals surface area contributed by atoms with Crippen LogP contribution in [-0.2, 0) is 9.47 Å². The molecule has 2 aliphatic heterocycles. The summed E-state index contributed by atoms with van der Waals surface area (Å²) in [4.78, 5) is 4.77. The van der Waals surface area contributed by atoms with Crippen LogP contribution in [0, 0.1) is 0 Å². The van der Waals surface area contributed by atoms with Crippen LogP contribution in [0.3, 0.4) is 0 Å². The van der Waals surface area contributed by atoms with Crippen LogP contribution in [0.1, 0.15) is 46.0 Å². The lowest BCUT2D eigenvalue weighted by molar-refractivity contribution is -0.147. The van der Waals surface area contributed by atoms with Gasteiger partial charge in [0.25, 0.3) is 0 Å². The predicted molar refractivity (Wildman–Crippen MR) is 130 cm³/mol. The molecule has 2 unspecified atom stereocenters. The van der Waals surface area contributed by atoms with Gasteiger partial charge in [-0.1, -0.05) is 44.6 Å². The van der Waals surface area contributed by atoms with Gasteiger partial charge in [0.05, 0.1) is 6.61 Å². The van der Waals surface area contributed by atoms with Crippen LogP contribution in [0.4, 0.5) is 5.69 Å². The standard InChI is InChI=1S/C27H38N2O3/c1-4-5-8-15-27(23-9-6-7-10-23)31-21-26(32-27)20-30-25-13-11-24(12-14-25)29-18-16-28(17-19-29)22(2)3/h6-7,9,11-14,26H,2,4-5,8,10,15-21H2,1,3H3. The highest BCUT2D eigenvalue weighted by atomic mass is 16.8. The summed E-state index contributed by atoms with van der Waals surface area (Å²) in [6.45, 7) is 13.5. The first-order valence-corrected chi connectivity index (χ1v) is 12.2. The van der Waals surface area contributed by atoms with Crippen molar-refractivity contribution in [1.82, 2.24) is 4.90 Å². The molecule has 1 aliphatic carbocycles. The van der Waals surface area contributed by atoms with Crippen molar-refractivity contribution in [3.05, 3.63) is 60.3 Å². The minimum absolute atomic E-state index is 0.0481. The van der Waals surface area contributed by atoms with E-state index in [0.717, 1.165) is 56.9 Å². The lowest BCUT2D eigenvalue weighted by atomic mass is 9.98. The van der Waals surface area contributed by atoms with Gasteiger partial charge in [0.15, 0.2) is 5.79 Å². The molecular formula is C27H38N2O3. The maximum Gasteiger partial charge on any atom is 0.192 e. The Morgan fingerprint density at radius 1 is 1.16 bits per heavy atom. The zero-order valence-electron chi connectivity index (χ0n) is 19.7. The van der Waals surface area contributed by atoms with E-state index in [0.29, 0.717) is 13.2 Å². The third-order valence-corrected chi connectivity index (χ3v) is 6.69. The number of rotatable bonds is 10. The highest BCUT2D eigenvalue weighted by molar-refractivity contribution is 5.49. The van der Waals surface area contributed by atoms with Crippen LogP contribution >= 0.6 is 0 Å². The molecule has 0 saturated carbocycles. The number of piperazine rings is 1. The second-order valence-corrected chi connectivity index (χ2v) is 9.10. The molecule has 0 aromatic heterocycles. The minimum Gasteiger partial charge on any atom is -0.491 e. The van der Waals surface area contributed by atoms with E-state index >= 15 is 0 Å². The molecule has 5 nitrogen and oxygen atoms in total. The molecule has 2 fully saturated rings. The topological polar surface area (TPSA) is 34.2 Å².